The minimum Gasteiger partial charge on any atom is -0.311 e. The first-order chi connectivity index (χ1) is 6.93. The van der Waals surface area contributed by atoms with Gasteiger partial charge in [0.2, 0.25) is 0 Å². The topological polar surface area (TPSA) is 29.9 Å². The van der Waals surface area contributed by atoms with Crippen LogP contribution in [-0.4, -0.2) is 21.9 Å². The number of aryl methyl sites for hydroxylation is 1. The lowest BCUT2D eigenvalue weighted by molar-refractivity contribution is 0.425. The van der Waals surface area contributed by atoms with E-state index in [1.807, 2.05) is 11.7 Å². The van der Waals surface area contributed by atoms with E-state index in [9.17, 15) is 0 Å². The highest BCUT2D eigenvalue weighted by atomic mass is 35.5. The van der Waals surface area contributed by atoms with E-state index in [2.05, 4.69) is 38.1 Å². The number of halogens is 1. The third-order valence-corrected chi connectivity index (χ3v) is 3.01. The first-order valence-corrected chi connectivity index (χ1v) is 5.74. The van der Waals surface area contributed by atoms with Gasteiger partial charge in [0.05, 0.1) is 16.9 Å². The van der Waals surface area contributed by atoms with E-state index >= 15 is 0 Å². The molecule has 4 heteroatoms. The second-order valence-corrected chi connectivity index (χ2v) is 4.81. The monoisotopic (exact) mass is 229 g/mol. The maximum atomic E-state index is 6.11. The summed E-state index contributed by atoms with van der Waals surface area (Å²) in [6.07, 6.45) is 1.70. The SMILES string of the molecule is CC(C)NC(C)C(C)c1c(Cl)cnn1C. The van der Waals surface area contributed by atoms with Crippen molar-refractivity contribution in [1.82, 2.24) is 15.1 Å². The van der Waals surface area contributed by atoms with Crippen molar-refractivity contribution in [3.05, 3.63) is 16.9 Å². The lowest BCUT2D eigenvalue weighted by Crippen LogP contribution is -2.36. The molecule has 15 heavy (non-hydrogen) atoms. The molecule has 0 amide bonds. The van der Waals surface area contributed by atoms with Crippen LogP contribution in [0.5, 0.6) is 0 Å². The van der Waals surface area contributed by atoms with Gasteiger partial charge in [-0.3, -0.25) is 4.68 Å². The fourth-order valence-electron chi connectivity index (χ4n) is 1.84. The molecule has 1 N–H and O–H groups in total. The van der Waals surface area contributed by atoms with Gasteiger partial charge in [0.25, 0.3) is 0 Å². The molecule has 1 rings (SSSR count). The number of rotatable bonds is 4. The number of hydrogen-bond donors (Lipinski definition) is 1. The highest BCUT2D eigenvalue weighted by Gasteiger charge is 2.20. The first kappa shape index (κ1) is 12.5. The Labute approximate surface area is 96.8 Å². The van der Waals surface area contributed by atoms with Gasteiger partial charge in [-0.15, -0.1) is 0 Å². The molecule has 0 radical (unpaired) electrons. The molecule has 1 aromatic heterocycles. The predicted molar refractivity (Wildman–Crippen MR) is 64.4 cm³/mol. The van der Waals surface area contributed by atoms with E-state index in [1.54, 1.807) is 6.20 Å². The average molecular weight is 230 g/mol. The summed E-state index contributed by atoms with van der Waals surface area (Å²) in [6.45, 7) is 8.64. The van der Waals surface area contributed by atoms with Crippen molar-refractivity contribution in [1.29, 1.82) is 0 Å². The maximum Gasteiger partial charge on any atom is 0.0821 e. The van der Waals surface area contributed by atoms with Crippen LogP contribution in [0, 0.1) is 0 Å². The van der Waals surface area contributed by atoms with Gasteiger partial charge in [0, 0.05) is 25.0 Å². The normalized spacial score (nSPS) is 15.7. The summed E-state index contributed by atoms with van der Waals surface area (Å²) in [5.74, 6) is 0.354. The Morgan fingerprint density at radius 1 is 1.33 bits per heavy atom. The van der Waals surface area contributed by atoms with E-state index in [4.69, 9.17) is 11.6 Å². The van der Waals surface area contributed by atoms with Gasteiger partial charge in [0.1, 0.15) is 0 Å². The lowest BCUT2D eigenvalue weighted by Gasteiger charge is -2.24. The fourth-order valence-corrected chi connectivity index (χ4v) is 2.18. The number of nitrogens with one attached hydrogen (secondary N) is 1. The highest BCUT2D eigenvalue weighted by Crippen LogP contribution is 2.26. The van der Waals surface area contributed by atoms with Crippen LogP contribution in [-0.2, 0) is 7.05 Å². The van der Waals surface area contributed by atoms with Crippen LogP contribution in [0.3, 0.4) is 0 Å². The summed E-state index contributed by atoms with van der Waals surface area (Å²) in [6, 6.07) is 0.868. The van der Waals surface area contributed by atoms with Crippen LogP contribution in [0.1, 0.15) is 39.3 Å². The maximum absolute atomic E-state index is 6.11. The largest absolute Gasteiger partial charge is 0.311 e. The van der Waals surface area contributed by atoms with Crippen molar-refractivity contribution in [3.63, 3.8) is 0 Å². The molecule has 0 spiro atoms. The molecule has 3 nitrogen and oxygen atoms in total. The molecule has 2 atom stereocenters. The van der Waals surface area contributed by atoms with Gasteiger partial charge in [-0.05, 0) is 6.92 Å². The minimum atomic E-state index is 0.354. The zero-order valence-corrected chi connectivity index (χ0v) is 10.8. The summed E-state index contributed by atoms with van der Waals surface area (Å²) < 4.78 is 1.85. The Balaban J connectivity index is 2.80. The fraction of sp³-hybridized carbons (Fsp3) is 0.727. The molecule has 0 saturated heterocycles. The van der Waals surface area contributed by atoms with Crippen LogP contribution in [0.15, 0.2) is 6.20 Å². The summed E-state index contributed by atoms with van der Waals surface area (Å²) in [4.78, 5) is 0. The molecule has 1 aromatic rings. The molecule has 0 fully saturated rings. The molecule has 0 bridgehead atoms. The number of nitrogens with zero attached hydrogens (tertiary/aromatic N) is 2. The predicted octanol–water partition coefficient (Wildman–Crippen LogP) is 2.56. The van der Waals surface area contributed by atoms with Crippen molar-refractivity contribution in [3.8, 4) is 0 Å². The summed E-state index contributed by atoms with van der Waals surface area (Å²) in [5, 5.41) is 8.39. The summed E-state index contributed by atoms with van der Waals surface area (Å²) >= 11 is 6.11. The van der Waals surface area contributed by atoms with Crippen molar-refractivity contribution in [2.24, 2.45) is 7.05 Å². The average Bonchev–Trinajstić information content (AvgIpc) is 2.44. The van der Waals surface area contributed by atoms with Crippen LogP contribution >= 0.6 is 11.6 Å². The van der Waals surface area contributed by atoms with E-state index in [0.29, 0.717) is 18.0 Å². The van der Waals surface area contributed by atoms with E-state index in [-0.39, 0.29) is 0 Å². The molecule has 0 aliphatic rings. The highest BCUT2D eigenvalue weighted by molar-refractivity contribution is 6.31. The van der Waals surface area contributed by atoms with Crippen LogP contribution in [0.2, 0.25) is 5.02 Å². The van der Waals surface area contributed by atoms with Gasteiger partial charge in [-0.25, -0.2) is 0 Å². The van der Waals surface area contributed by atoms with Crippen molar-refractivity contribution in [2.75, 3.05) is 0 Å². The molecular weight excluding hydrogens is 210 g/mol. The molecule has 2 unspecified atom stereocenters. The first-order valence-electron chi connectivity index (χ1n) is 5.37. The summed E-state index contributed by atoms with van der Waals surface area (Å²) in [7, 11) is 1.93. The Morgan fingerprint density at radius 3 is 2.33 bits per heavy atom. The van der Waals surface area contributed by atoms with Gasteiger partial charge >= 0.3 is 0 Å². The molecule has 0 aromatic carbocycles. The van der Waals surface area contributed by atoms with Crippen LogP contribution in [0.4, 0.5) is 0 Å². The second-order valence-electron chi connectivity index (χ2n) is 4.40. The molecule has 1 heterocycles. The van der Waals surface area contributed by atoms with E-state index in [0.717, 1.165) is 10.7 Å². The van der Waals surface area contributed by atoms with E-state index in [1.165, 1.54) is 0 Å². The zero-order valence-electron chi connectivity index (χ0n) is 10.1. The van der Waals surface area contributed by atoms with Crippen molar-refractivity contribution in [2.45, 2.75) is 45.7 Å². The number of aromatic nitrogens is 2. The van der Waals surface area contributed by atoms with Gasteiger partial charge < -0.3 is 5.32 Å². The Hall–Kier alpha value is -0.540. The zero-order chi connectivity index (χ0) is 11.6. The smallest absolute Gasteiger partial charge is 0.0821 e. The lowest BCUT2D eigenvalue weighted by atomic mass is 9.99. The Kier molecular flexibility index (Phi) is 4.17. The second kappa shape index (κ2) is 4.99. The van der Waals surface area contributed by atoms with E-state index < -0.39 is 0 Å². The molecule has 0 saturated carbocycles. The van der Waals surface area contributed by atoms with Crippen LogP contribution < -0.4 is 5.32 Å². The van der Waals surface area contributed by atoms with Crippen molar-refractivity contribution >= 4 is 11.6 Å². The molecule has 86 valence electrons. The van der Waals surface area contributed by atoms with Crippen molar-refractivity contribution < 1.29 is 0 Å². The minimum absolute atomic E-state index is 0.354. The van der Waals surface area contributed by atoms with Gasteiger partial charge in [0.15, 0.2) is 0 Å². The third-order valence-electron chi connectivity index (χ3n) is 2.72. The standard InChI is InChI=1S/C11H20ClN3/c1-7(2)14-9(4)8(3)11-10(12)6-13-15(11)5/h6-9,14H,1-5H3. The van der Waals surface area contributed by atoms with Gasteiger partial charge in [-0.1, -0.05) is 32.4 Å². The Bertz CT molecular complexity index is 300. The molecule has 0 aliphatic heterocycles. The quantitative estimate of drug-likeness (QED) is 0.860. The summed E-state index contributed by atoms with van der Waals surface area (Å²) in [5.41, 5.74) is 1.09. The molecule has 0 aliphatic carbocycles. The third kappa shape index (κ3) is 2.95. The van der Waals surface area contributed by atoms with Gasteiger partial charge in [-0.2, -0.15) is 5.10 Å². The number of hydrogen-bond acceptors (Lipinski definition) is 2. The molecular formula is C11H20ClN3. The Morgan fingerprint density at radius 2 is 1.93 bits per heavy atom. The van der Waals surface area contributed by atoms with Crippen LogP contribution in [0.25, 0.3) is 0 Å².